The topological polar surface area (TPSA) is 46.5 Å². The molecule has 1 N–H and O–H groups in total. The molecule has 19 heavy (non-hydrogen) atoms. The summed E-state index contributed by atoms with van der Waals surface area (Å²) in [5.74, 6) is -0.898. The van der Waals surface area contributed by atoms with Crippen LogP contribution in [0.2, 0.25) is 0 Å². The van der Waals surface area contributed by atoms with Gasteiger partial charge in [-0.05, 0) is 19.3 Å². The van der Waals surface area contributed by atoms with Gasteiger partial charge in [0.25, 0.3) is 0 Å². The van der Waals surface area contributed by atoms with Crippen LogP contribution in [-0.4, -0.2) is 30.5 Å². The Labute approximate surface area is 111 Å². The van der Waals surface area contributed by atoms with Crippen molar-refractivity contribution in [3.05, 3.63) is 0 Å². The molecule has 1 rings (SSSR count). The van der Waals surface area contributed by atoms with Crippen LogP contribution in [0, 0.1) is 5.41 Å². The van der Waals surface area contributed by atoms with E-state index in [2.05, 4.69) is 4.74 Å². The van der Waals surface area contributed by atoms with Crippen molar-refractivity contribution in [1.29, 1.82) is 0 Å². The molecular formula is C13H21F3O3. The molecule has 0 heterocycles. The molecule has 6 heteroatoms. The normalized spacial score (nSPS) is 20.6. The van der Waals surface area contributed by atoms with Gasteiger partial charge >= 0.3 is 12.1 Å². The number of carbonyl (C=O) groups is 1. The lowest BCUT2D eigenvalue weighted by molar-refractivity contribution is -0.177. The number of ether oxygens (including phenoxy) is 1. The molecule has 0 aromatic heterocycles. The fourth-order valence-corrected chi connectivity index (χ4v) is 2.61. The monoisotopic (exact) mass is 282 g/mol. The van der Waals surface area contributed by atoms with Crippen LogP contribution >= 0.6 is 0 Å². The SMILES string of the molecule is O=C(O)C1(CCOCC(F)(F)F)CCCCCCC1. The maximum absolute atomic E-state index is 12.0. The average Bonchev–Trinajstić information content (AvgIpc) is 2.25. The van der Waals surface area contributed by atoms with Gasteiger partial charge in [-0.15, -0.1) is 0 Å². The minimum atomic E-state index is -4.35. The maximum Gasteiger partial charge on any atom is 0.411 e. The van der Waals surface area contributed by atoms with Crippen molar-refractivity contribution in [3.8, 4) is 0 Å². The van der Waals surface area contributed by atoms with E-state index in [9.17, 15) is 23.1 Å². The first-order chi connectivity index (χ1) is 8.86. The van der Waals surface area contributed by atoms with Crippen molar-refractivity contribution >= 4 is 5.97 Å². The minimum Gasteiger partial charge on any atom is -0.481 e. The lowest BCUT2D eigenvalue weighted by atomic mass is 9.74. The summed E-state index contributed by atoms with van der Waals surface area (Å²) < 4.78 is 40.4. The lowest BCUT2D eigenvalue weighted by Crippen LogP contribution is -2.33. The highest BCUT2D eigenvalue weighted by atomic mass is 19.4. The van der Waals surface area contributed by atoms with Gasteiger partial charge in [0.05, 0.1) is 5.41 Å². The van der Waals surface area contributed by atoms with E-state index >= 15 is 0 Å². The molecule has 1 fully saturated rings. The highest BCUT2D eigenvalue weighted by molar-refractivity contribution is 5.74. The highest BCUT2D eigenvalue weighted by Crippen LogP contribution is 2.37. The summed E-state index contributed by atoms with van der Waals surface area (Å²) in [6.45, 7) is -1.45. The predicted octanol–water partition coefficient (Wildman–Crippen LogP) is 3.77. The van der Waals surface area contributed by atoms with E-state index in [0.29, 0.717) is 12.8 Å². The van der Waals surface area contributed by atoms with Gasteiger partial charge in [-0.3, -0.25) is 4.79 Å². The Morgan fingerprint density at radius 1 is 1.11 bits per heavy atom. The van der Waals surface area contributed by atoms with E-state index in [-0.39, 0.29) is 13.0 Å². The summed E-state index contributed by atoms with van der Waals surface area (Å²) in [4.78, 5) is 11.5. The number of carboxylic acids is 1. The molecule has 1 aliphatic rings. The third-order valence-electron chi connectivity index (χ3n) is 3.76. The largest absolute Gasteiger partial charge is 0.481 e. The first kappa shape index (κ1) is 16.3. The third kappa shape index (κ3) is 5.80. The molecule has 0 aliphatic heterocycles. The van der Waals surface area contributed by atoms with Crippen LogP contribution < -0.4 is 0 Å². The van der Waals surface area contributed by atoms with E-state index in [1.165, 1.54) is 0 Å². The quantitative estimate of drug-likeness (QED) is 0.781. The van der Waals surface area contributed by atoms with Crippen LogP contribution in [-0.2, 0) is 9.53 Å². The van der Waals surface area contributed by atoms with Crippen molar-refractivity contribution in [2.75, 3.05) is 13.2 Å². The molecule has 0 amide bonds. The second kappa shape index (κ2) is 7.12. The van der Waals surface area contributed by atoms with E-state index in [1.807, 2.05) is 0 Å². The highest BCUT2D eigenvalue weighted by Gasteiger charge is 2.38. The Morgan fingerprint density at radius 3 is 2.11 bits per heavy atom. The standard InChI is InChI=1S/C13H21F3O3/c14-13(15,16)10-19-9-8-12(11(17)18)6-4-2-1-3-5-7-12/h1-10H2,(H,17,18). The van der Waals surface area contributed by atoms with Crippen LogP contribution in [0.15, 0.2) is 0 Å². The van der Waals surface area contributed by atoms with Gasteiger partial charge in [0.1, 0.15) is 6.61 Å². The van der Waals surface area contributed by atoms with Crippen LogP contribution in [0.1, 0.15) is 51.4 Å². The van der Waals surface area contributed by atoms with Crippen molar-refractivity contribution in [2.45, 2.75) is 57.5 Å². The zero-order valence-corrected chi connectivity index (χ0v) is 11.0. The number of rotatable bonds is 5. The Bertz CT molecular complexity index is 281. The van der Waals surface area contributed by atoms with Gasteiger partial charge < -0.3 is 9.84 Å². The molecule has 0 spiro atoms. The summed E-state index contributed by atoms with van der Waals surface area (Å²) in [6, 6.07) is 0. The predicted molar refractivity (Wildman–Crippen MR) is 63.9 cm³/mol. The number of alkyl halides is 3. The number of halogens is 3. The zero-order valence-electron chi connectivity index (χ0n) is 11.0. The fourth-order valence-electron chi connectivity index (χ4n) is 2.61. The molecule has 0 radical (unpaired) electrons. The second-order valence-corrected chi connectivity index (χ2v) is 5.27. The van der Waals surface area contributed by atoms with Crippen LogP contribution in [0.25, 0.3) is 0 Å². The van der Waals surface area contributed by atoms with Crippen molar-refractivity contribution in [2.24, 2.45) is 5.41 Å². The van der Waals surface area contributed by atoms with E-state index in [0.717, 1.165) is 32.1 Å². The molecule has 1 aliphatic carbocycles. The van der Waals surface area contributed by atoms with E-state index < -0.39 is 24.2 Å². The molecule has 1 saturated carbocycles. The van der Waals surface area contributed by atoms with Crippen molar-refractivity contribution in [3.63, 3.8) is 0 Å². The number of hydrogen-bond donors (Lipinski definition) is 1. The first-order valence-corrected chi connectivity index (χ1v) is 6.74. The lowest BCUT2D eigenvalue weighted by Gasteiger charge is -2.31. The number of carboxylic acid groups (broad SMARTS) is 1. The molecule has 0 aromatic carbocycles. The average molecular weight is 282 g/mol. The van der Waals surface area contributed by atoms with Gasteiger partial charge in [0, 0.05) is 6.61 Å². The molecule has 0 aromatic rings. The van der Waals surface area contributed by atoms with Crippen molar-refractivity contribution in [1.82, 2.24) is 0 Å². The Balaban J connectivity index is 2.48. The van der Waals surface area contributed by atoms with E-state index in [4.69, 9.17) is 0 Å². The second-order valence-electron chi connectivity index (χ2n) is 5.27. The summed E-state index contributed by atoms with van der Waals surface area (Å²) in [7, 11) is 0. The third-order valence-corrected chi connectivity index (χ3v) is 3.76. The number of hydrogen-bond acceptors (Lipinski definition) is 2. The summed E-state index contributed by atoms with van der Waals surface area (Å²) in [6.07, 6.45) is 1.65. The summed E-state index contributed by atoms with van der Waals surface area (Å²) >= 11 is 0. The van der Waals surface area contributed by atoms with Gasteiger partial charge in [-0.1, -0.05) is 32.1 Å². The molecule has 112 valence electrons. The first-order valence-electron chi connectivity index (χ1n) is 6.74. The van der Waals surface area contributed by atoms with Gasteiger partial charge in [0.15, 0.2) is 0 Å². The van der Waals surface area contributed by atoms with Gasteiger partial charge in [-0.2, -0.15) is 13.2 Å². The Morgan fingerprint density at radius 2 is 1.63 bits per heavy atom. The van der Waals surface area contributed by atoms with Crippen LogP contribution in [0.4, 0.5) is 13.2 Å². The van der Waals surface area contributed by atoms with E-state index in [1.54, 1.807) is 0 Å². The minimum absolute atomic E-state index is 0.147. The summed E-state index contributed by atoms with van der Waals surface area (Å²) in [5, 5.41) is 9.39. The fraction of sp³-hybridized carbons (Fsp3) is 0.923. The van der Waals surface area contributed by atoms with Gasteiger partial charge in [-0.25, -0.2) is 0 Å². The Kier molecular flexibility index (Phi) is 6.10. The number of aliphatic carboxylic acids is 1. The van der Waals surface area contributed by atoms with Crippen molar-refractivity contribution < 1.29 is 27.8 Å². The van der Waals surface area contributed by atoms with Gasteiger partial charge in [0.2, 0.25) is 0 Å². The van der Waals surface area contributed by atoms with Crippen LogP contribution in [0.3, 0.4) is 0 Å². The zero-order chi connectivity index (χ0) is 14.4. The molecule has 0 saturated heterocycles. The molecule has 0 bridgehead atoms. The van der Waals surface area contributed by atoms with Crippen LogP contribution in [0.5, 0.6) is 0 Å². The smallest absolute Gasteiger partial charge is 0.411 e. The molecule has 3 nitrogen and oxygen atoms in total. The Hall–Kier alpha value is -0.780. The maximum atomic E-state index is 12.0. The molecule has 0 unspecified atom stereocenters. The molecule has 0 atom stereocenters. The summed E-state index contributed by atoms with van der Waals surface area (Å²) in [5.41, 5.74) is -0.897. The molecular weight excluding hydrogens is 261 g/mol.